The zero-order chi connectivity index (χ0) is 20.2. The molecule has 1 aromatic heterocycles. The molecule has 1 amide bonds. The number of aromatic nitrogens is 2. The first-order chi connectivity index (χ1) is 14.1. The van der Waals surface area contributed by atoms with Crippen molar-refractivity contribution >= 4 is 17.3 Å². The first-order valence-corrected chi connectivity index (χ1v) is 10.4. The van der Waals surface area contributed by atoms with E-state index in [1.807, 2.05) is 48.9 Å². The van der Waals surface area contributed by atoms with Crippen molar-refractivity contribution in [2.45, 2.75) is 39.7 Å². The molecule has 4 rings (SSSR count). The van der Waals surface area contributed by atoms with Gasteiger partial charge in [0.2, 0.25) is 0 Å². The Morgan fingerprint density at radius 3 is 2.34 bits per heavy atom. The number of rotatable bonds is 5. The molecule has 1 aliphatic heterocycles. The number of amides is 1. The third kappa shape index (κ3) is 4.34. The van der Waals surface area contributed by atoms with Gasteiger partial charge < -0.3 is 10.2 Å². The van der Waals surface area contributed by atoms with Crippen LogP contribution in [0.1, 0.15) is 46.6 Å². The molecule has 0 spiro atoms. The number of hydrogen-bond donors (Lipinski definition) is 1. The minimum Gasteiger partial charge on any atom is -0.372 e. The van der Waals surface area contributed by atoms with Gasteiger partial charge in [-0.05, 0) is 62.9 Å². The van der Waals surface area contributed by atoms with E-state index in [0.29, 0.717) is 12.1 Å². The van der Waals surface area contributed by atoms with Gasteiger partial charge in [0.1, 0.15) is 0 Å². The van der Waals surface area contributed by atoms with Gasteiger partial charge in [-0.3, -0.25) is 9.48 Å². The molecule has 1 saturated heterocycles. The maximum atomic E-state index is 12.9. The van der Waals surface area contributed by atoms with E-state index in [9.17, 15) is 4.79 Å². The summed E-state index contributed by atoms with van der Waals surface area (Å²) in [5, 5.41) is 7.63. The van der Waals surface area contributed by atoms with Crippen LogP contribution in [0.3, 0.4) is 0 Å². The van der Waals surface area contributed by atoms with Gasteiger partial charge in [-0.1, -0.05) is 30.3 Å². The zero-order valence-electron chi connectivity index (χ0n) is 17.2. The highest BCUT2D eigenvalue weighted by atomic mass is 16.1. The summed E-state index contributed by atoms with van der Waals surface area (Å²) >= 11 is 0. The standard InChI is InChI=1S/C24H28N4O/c1-18-23(19(2)28(26-18)17-20-9-5-3-6-10-20)24(29)25-21-11-13-22(14-12-21)27-15-7-4-8-16-27/h3,5-6,9-14H,4,7-8,15-17H2,1-2H3,(H,25,29). The topological polar surface area (TPSA) is 50.2 Å². The molecule has 29 heavy (non-hydrogen) atoms. The molecule has 5 nitrogen and oxygen atoms in total. The van der Waals surface area contributed by atoms with Crippen molar-refractivity contribution in [2.24, 2.45) is 0 Å². The third-order valence-electron chi connectivity index (χ3n) is 5.63. The Labute approximate surface area is 172 Å². The normalized spacial score (nSPS) is 14.1. The molecule has 0 bridgehead atoms. The van der Waals surface area contributed by atoms with Crippen molar-refractivity contribution < 1.29 is 4.79 Å². The highest BCUT2D eigenvalue weighted by Crippen LogP contribution is 2.23. The van der Waals surface area contributed by atoms with Crippen molar-refractivity contribution in [1.29, 1.82) is 0 Å². The van der Waals surface area contributed by atoms with Gasteiger partial charge in [0.15, 0.2) is 0 Å². The fourth-order valence-electron chi connectivity index (χ4n) is 4.04. The van der Waals surface area contributed by atoms with E-state index in [4.69, 9.17) is 0 Å². The number of benzene rings is 2. The van der Waals surface area contributed by atoms with Crippen molar-refractivity contribution in [3.8, 4) is 0 Å². The lowest BCUT2D eigenvalue weighted by Gasteiger charge is -2.28. The van der Waals surface area contributed by atoms with E-state index >= 15 is 0 Å². The first-order valence-electron chi connectivity index (χ1n) is 10.4. The van der Waals surface area contributed by atoms with Crippen molar-refractivity contribution in [3.05, 3.63) is 77.1 Å². The Bertz CT molecular complexity index is 970. The molecule has 1 fully saturated rings. The van der Waals surface area contributed by atoms with E-state index < -0.39 is 0 Å². The summed E-state index contributed by atoms with van der Waals surface area (Å²) in [5.41, 5.74) is 5.49. The van der Waals surface area contributed by atoms with Crippen LogP contribution in [0.5, 0.6) is 0 Å². The predicted octanol–water partition coefficient (Wildman–Crippen LogP) is 4.79. The Kier molecular flexibility index (Phi) is 5.65. The molecular formula is C24H28N4O. The van der Waals surface area contributed by atoms with Crippen LogP contribution in [0.2, 0.25) is 0 Å². The molecule has 0 atom stereocenters. The summed E-state index contributed by atoms with van der Waals surface area (Å²) in [6.07, 6.45) is 3.83. The van der Waals surface area contributed by atoms with Crippen molar-refractivity contribution in [1.82, 2.24) is 9.78 Å². The lowest BCUT2D eigenvalue weighted by Crippen LogP contribution is -2.29. The quantitative estimate of drug-likeness (QED) is 0.684. The van der Waals surface area contributed by atoms with Crippen molar-refractivity contribution in [3.63, 3.8) is 0 Å². The lowest BCUT2D eigenvalue weighted by atomic mass is 10.1. The van der Waals surface area contributed by atoms with E-state index in [1.54, 1.807) is 0 Å². The summed E-state index contributed by atoms with van der Waals surface area (Å²) in [6, 6.07) is 18.3. The second-order valence-electron chi connectivity index (χ2n) is 7.74. The number of nitrogens with zero attached hydrogens (tertiary/aromatic N) is 3. The average Bonchev–Trinajstić information content (AvgIpc) is 3.03. The maximum absolute atomic E-state index is 12.9. The minimum absolute atomic E-state index is 0.106. The monoisotopic (exact) mass is 388 g/mol. The zero-order valence-corrected chi connectivity index (χ0v) is 17.2. The van der Waals surface area contributed by atoms with Gasteiger partial charge in [-0.15, -0.1) is 0 Å². The van der Waals surface area contributed by atoms with Gasteiger partial charge in [0, 0.05) is 30.2 Å². The van der Waals surface area contributed by atoms with E-state index in [-0.39, 0.29) is 5.91 Å². The Morgan fingerprint density at radius 2 is 1.66 bits per heavy atom. The molecule has 1 N–H and O–H groups in total. The van der Waals surface area contributed by atoms with Crippen LogP contribution in [0.4, 0.5) is 11.4 Å². The highest BCUT2D eigenvalue weighted by molar-refractivity contribution is 6.05. The van der Waals surface area contributed by atoms with E-state index in [1.165, 1.54) is 30.5 Å². The summed E-state index contributed by atoms with van der Waals surface area (Å²) < 4.78 is 1.90. The Morgan fingerprint density at radius 1 is 0.966 bits per heavy atom. The number of nitrogens with one attached hydrogen (secondary N) is 1. The molecular weight excluding hydrogens is 360 g/mol. The highest BCUT2D eigenvalue weighted by Gasteiger charge is 2.19. The summed E-state index contributed by atoms with van der Waals surface area (Å²) in [4.78, 5) is 15.3. The number of aryl methyl sites for hydroxylation is 1. The minimum atomic E-state index is -0.106. The van der Waals surface area contributed by atoms with Crippen LogP contribution >= 0.6 is 0 Å². The maximum Gasteiger partial charge on any atom is 0.259 e. The molecule has 2 aromatic carbocycles. The number of anilines is 2. The molecule has 0 aliphatic carbocycles. The molecule has 0 saturated carbocycles. The molecule has 0 unspecified atom stereocenters. The molecule has 2 heterocycles. The molecule has 3 aromatic rings. The average molecular weight is 389 g/mol. The molecule has 150 valence electrons. The lowest BCUT2D eigenvalue weighted by molar-refractivity contribution is 0.102. The van der Waals surface area contributed by atoms with Crippen LogP contribution in [0.15, 0.2) is 54.6 Å². The summed E-state index contributed by atoms with van der Waals surface area (Å²) in [6.45, 7) is 6.74. The first kappa shape index (κ1) is 19.2. The summed E-state index contributed by atoms with van der Waals surface area (Å²) in [7, 11) is 0. The Hall–Kier alpha value is -3.08. The fraction of sp³-hybridized carbons (Fsp3) is 0.333. The predicted molar refractivity (Wildman–Crippen MR) is 118 cm³/mol. The van der Waals surface area contributed by atoms with Gasteiger partial charge in [0.05, 0.1) is 17.8 Å². The number of carbonyl (C=O) groups excluding carboxylic acids is 1. The van der Waals surface area contributed by atoms with Gasteiger partial charge in [-0.25, -0.2) is 0 Å². The fourth-order valence-corrected chi connectivity index (χ4v) is 4.04. The second kappa shape index (κ2) is 8.52. The van der Waals surface area contributed by atoms with Crippen LogP contribution in [-0.2, 0) is 6.54 Å². The smallest absolute Gasteiger partial charge is 0.259 e. The van der Waals surface area contributed by atoms with Gasteiger partial charge in [-0.2, -0.15) is 5.10 Å². The van der Waals surface area contributed by atoms with Gasteiger partial charge in [0.25, 0.3) is 5.91 Å². The van der Waals surface area contributed by atoms with Crippen LogP contribution in [0.25, 0.3) is 0 Å². The second-order valence-corrected chi connectivity index (χ2v) is 7.74. The van der Waals surface area contributed by atoms with Crippen molar-refractivity contribution in [2.75, 3.05) is 23.3 Å². The molecule has 5 heteroatoms. The molecule has 0 radical (unpaired) electrons. The summed E-state index contributed by atoms with van der Waals surface area (Å²) in [5.74, 6) is -0.106. The van der Waals surface area contributed by atoms with Crippen LogP contribution in [0, 0.1) is 13.8 Å². The van der Waals surface area contributed by atoms with Crippen LogP contribution in [-0.4, -0.2) is 28.8 Å². The molecule has 1 aliphatic rings. The largest absolute Gasteiger partial charge is 0.372 e. The SMILES string of the molecule is Cc1nn(Cc2ccccc2)c(C)c1C(=O)Nc1ccc(N2CCCCC2)cc1. The number of carbonyl (C=O) groups is 1. The van der Waals surface area contributed by atoms with Gasteiger partial charge >= 0.3 is 0 Å². The van der Waals surface area contributed by atoms with E-state index in [2.05, 4.69) is 39.6 Å². The Balaban J connectivity index is 1.47. The van der Waals surface area contributed by atoms with E-state index in [0.717, 1.165) is 30.2 Å². The van der Waals surface area contributed by atoms with Crippen LogP contribution < -0.4 is 10.2 Å². The number of hydrogen-bond acceptors (Lipinski definition) is 3. The number of piperidine rings is 1. The third-order valence-corrected chi connectivity index (χ3v) is 5.63.